The van der Waals surface area contributed by atoms with Crippen molar-refractivity contribution in [2.75, 3.05) is 0 Å². The highest BCUT2D eigenvalue weighted by Gasteiger charge is 1.98. The van der Waals surface area contributed by atoms with Crippen LogP contribution in [0.15, 0.2) is 227 Å². The van der Waals surface area contributed by atoms with E-state index in [-0.39, 0.29) is 0 Å². The first-order valence-electron chi connectivity index (χ1n) is 27.7. The number of aromatic amines is 10. The van der Waals surface area contributed by atoms with Crippen LogP contribution >= 0.6 is 22.7 Å². The number of hydrogen-bond acceptors (Lipinski definition) is 11. The van der Waals surface area contributed by atoms with Crippen LogP contribution in [0.3, 0.4) is 0 Å². The van der Waals surface area contributed by atoms with E-state index in [2.05, 4.69) is 145 Å². The zero-order valence-corrected chi connectivity index (χ0v) is 49.8. The molecule has 14 heterocycles. The van der Waals surface area contributed by atoms with Crippen molar-refractivity contribution in [1.82, 2.24) is 86.3 Å². The molecule has 0 unspecified atom stereocenters. The number of para-hydroxylation sites is 1. The molecule has 19 nitrogen and oxygen atoms in total. The van der Waals surface area contributed by atoms with Crippen molar-refractivity contribution in [3.05, 3.63) is 302 Å². The molecule has 0 fully saturated rings. The summed E-state index contributed by atoms with van der Waals surface area (Å²) >= 11 is 3.42. The summed E-state index contributed by atoms with van der Waals surface area (Å²) in [5.41, 5.74) is 12.7. The number of furan rings is 2. The fraction of sp³-hybridized carbons (Fsp3) is 0.0147. The Hall–Kier alpha value is -12.1. The maximum absolute atomic E-state index is 5.36. The van der Waals surface area contributed by atoms with E-state index in [1.54, 1.807) is 72.3 Å². The first kappa shape index (κ1) is 61.5. The lowest BCUT2D eigenvalue weighted by Crippen LogP contribution is -1.72. The van der Waals surface area contributed by atoms with E-state index in [0.29, 0.717) is 0 Å². The average molecular weight is 1210 g/mol. The van der Waals surface area contributed by atoms with Crippen molar-refractivity contribution < 1.29 is 8.83 Å². The minimum absolute atomic E-state index is 0.838. The van der Waals surface area contributed by atoms with Crippen LogP contribution in [0.25, 0.3) is 96.0 Å². The number of fused-ring (bicyclic) bond motifs is 1. The first-order valence-corrected chi connectivity index (χ1v) is 29.6. The van der Waals surface area contributed by atoms with Crippen LogP contribution < -0.4 is 0 Å². The van der Waals surface area contributed by atoms with Crippen molar-refractivity contribution in [3.63, 3.8) is 0 Å². The molecule has 0 atom stereocenters. The van der Waals surface area contributed by atoms with Crippen molar-refractivity contribution in [2.45, 2.75) is 6.92 Å². The van der Waals surface area contributed by atoms with E-state index >= 15 is 0 Å². The van der Waals surface area contributed by atoms with Gasteiger partial charge in [0.1, 0.15) is 17.3 Å². The second-order valence-electron chi connectivity index (χ2n) is 18.5. The number of H-pyrrole nitrogens is 10. The van der Waals surface area contributed by atoms with E-state index in [9.17, 15) is 0 Å². The third-order valence-corrected chi connectivity index (χ3v) is 13.5. The molecule has 0 aliphatic rings. The summed E-state index contributed by atoms with van der Waals surface area (Å²) in [4.78, 5) is 10.7. The van der Waals surface area contributed by atoms with Crippen molar-refractivity contribution in [1.29, 1.82) is 0 Å². The summed E-state index contributed by atoms with van der Waals surface area (Å²) in [5.74, 6) is 2.61. The number of benzene rings is 1. The molecular weight excluding hydrogens is 1150 g/mol. The number of hydrogen-bond donors (Lipinski definition) is 10. The molecule has 0 aliphatic heterocycles. The zero-order chi connectivity index (χ0) is 61.0. The molecule has 21 heteroatoms. The fourth-order valence-corrected chi connectivity index (χ4v) is 8.77. The predicted octanol–water partition coefficient (Wildman–Crippen LogP) is 16.8. The van der Waals surface area contributed by atoms with Gasteiger partial charge in [-0.15, -0.1) is 11.3 Å². The summed E-state index contributed by atoms with van der Waals surface area (Å²) < 4.78 is 10.5. The quantitative estimate of drug-likeness (QED) is 0.0495. The number of nitrogens with zero attached hydrogens (tertiary/aromatic N) is 7. The van der Waals surface area contributed by atoms with Crippen molar-refractivity contribution >= 4 is 119 Å². The lowest BCUT2D eigenvalue weighted by molar-refractivity contribution is 0.525. The predicted molar refractivity (Wildman–Crippen MR) is 363 cm³/mol. The highest BCUT2D eigenvalue weighted by molar-refractivity contribution is 7.10. The van der Waals surface area contributed by atoms with Crippen LogP contribution in [-0.2, 0) is 0 Å². The molecule has 0 saturated heterocycles. The maximum atomic E-state index is 5.36. The van der Waals surface area contributed by atoms with Gasteiger partial charge in [0, 0.05) is 83.8 Å². The molecule has 0 radical (unpaired) electrons. The smallest absolute Gasteiger partial charge is 0.127 e. The Balaban J connectivity index is 0.000000124. The van der Waals surface area contributed by atoms with Gasteiger partial charge in [-0.2, -0.15) is 47.0 Å². The van der Waals surface area contributed by atoms with Crippen LogP contribution in [0.5, 0.6) is 0 Å². The summed E-state index contributed by atoms with van der Waals surface area (Å²) in [6.07, 6.45) is 47.3. The molecular formula is C68H63N17O2S2. The van der Waals surface area contributed by atoms with Gasteiger partial charge in [0.25, 0.3) is 0 Å². The van der Waals surface area contributed by atoms with Crippen molar-refractivity contribution in [3.8, 4) is 0 Å². The van der Waals surface area contributed by atoms with Gasteiger partial charge in [-0.05, 0) is 222 Å². The van der Waals surface area contributed by atoms with Crippen LogP contribution in [0, 0.1) is 6.92 Å². The Morgan fingerprint density at radius 1 is 0.393 bits per heavy atom. The maximum Gasteiger partial charge on any atom is 0.127 e. The molecule has 10 N–H and O–H groups in total. The molecule has 14 aromatic heterocycles. The van der Waals surface area contributed by atoms with E-state index in [1.165, 1.54) is 15.8 Å². The van der Waals surface area contributed by atoms with Gasteiger partial charge < -0.3 is 23.8 Å². The van der Waals surface area contributed by atoms with E-state index in [0.717, 1.165) is 79.6 Å². The van der Waals surface area contributed by atoms with Gasteiger partial charge in [0.15, 0.2) is 0 Å². The SMILES string of the molecule is C(=C\c1cc2ccccc2[nH]1)/c1ccn[nH]1.C(=C\c1ccco1)/c1ccn[nH]1.C(=C\c1cccs1)/c1ccn[nH]1.C(=C\c1ccn[nH]1)/c1cc[nH]c1.C(=C\c1ccn[nH]1)/c1ccc[nH]1.C(=C\c1ccn[nH]1)/c1ccsc1.Cc1ccc(/C=C/c2ccn[nH]2)o1. The Kier molecular flexibility index (Phi) is 24.4. The van der Waals surface area contributed by atoms with E-state index in [1.807, 2.05) is 202 Å². The van der Waals surface area contributed by atoms with Gasteiger partial charge in [0.2, 0.25) is 0 Å². The van der Waals surface area contributed by atoms with Crippen LogP contribution in [-0.4, -0.2) is 86.3 Å². The third kappa shape index (κ3) is 22.8. The molecule has 15 rings (SSSR count). The standard InChI is InChI=1S/C13H11N3.C10H10N2O.2C9H9N3.C9H8N2O.2C9H8N2S/c1-2-4-13-10(3-1)9-12(15-13)6-5-11-7-8-14-16-11;1-8-2-4-10(13-8)5-3-9-6-7-11-12-9;1(8-3-5-10-7-8)2-9-4-6-11-12-9;1-2-8(10-6-1)3-4-9-5-7-11-12-9;1-2-9(12-7-1)4-3-8-5-6-10-11-8;1(8-4-6-12-7-8)2-9-3-5-10-11-9;1-2-9(12-7-1)4-3-8-5-6-10-11-8/h1-9,15H,(H,14,16);2-7H,1H3,(H,11,12);2*1-7,10H,(H,11,12);3*1-7H,(H,10,11)/b6-5+;5-3+;2-1+;2*4-3+;2-1+;4-3+. The highest BCUT2D eigenvalue weighted by Crippen LogP contribution is 2.17. The molecule has 0 aliphatic carbocycles. The van der Waals surface area contributed by atoms with E-state index < -0.39 is 0 Å². The molecule has 0 spiro atoms. The Morgan fingerprint density at radius 2 is 0.921 bits per heavy atom. The van der Waals surface area contributed by atoms with Gasteiger partial charge in [-0.1, -0.05) is 36.4 Å². The molecule has 444 valence electrons. The number of nitrogens with one attached hydrogen (secondary N) is 10. The molecule has 15 aromatic rings. The topological polar surface area (TPSA) is 274 Å². The summed E-state index contributed by atoms with van der Waals surface area (Å²) in [6, 6.07) is 43.6. The lowest BCUT2D eigenvalue weighted by Gasteiger charge is -1.85. The number of thiophene rings is 2. The number of rotatable bonds is 14. The number of aromatic nitrogens is 17. The molecule has 89 heavy (non-hydrogen) atoms. The second kappa shape index (κ2) is 35.3. The van der Waals surface area contributed by atoms with E-state index in [4.69, 9.17) is 8.83 Å². The van der Waals surface area contributed by atoms with Gasteiger partial charge in [0.05, 0.1) is 46.1 Å². The lowest BCUT2D eigenvalue weighted by atomic mass is 10.2. The second-order valence-corrected chi connectivity index (χ2v) is 20.3. The zero-order valence-electron chi connectivity index (χ0n) is 48.1. The summed E-state index contributed by atoms with van der Waals surface area (Å²) in [6.45, 7) is 1.92. The number of aryl methyl sites for hydroxylation is 1. The molecule has 0 bridgehead atoms. The summed E-state index contributed by atoms with van der Waals surface area (Å²) in [7, 11) is 0. The highest BCUT2D eigenvalue weighted by atomic mass is 32.1. The molecule has 1 aromatic carbocycles. The summed E-state index contributed by atoms with van der Waals surface area (Å²) in [5, 5.41) is 54.3. The first-order chi connectivity index (χ1) is 44.0. The third-order valence-electron chi connectivity index (χ3n) is 11.9. The van der Waals surface area contributed by atoms with Crippen LogP contribution in [0.1, 0.15) is 84.5 Å². The largest absolute Gasteiger partial charge is 0.465 e. The molecule has 0 saturated carbocycles. The molecule has 0 amide bonds. The van der Waals surface area contributed by atoms with Crippen molar-refractivity contribution in [2.24, 2.45) is 0 Å². The minimum atomic E-state index is 0.838. The minimum Gasteiger partial charge on any atom is -0.465 e. The van der Waals surface area contributed by atoms with Gasteiger partial charge in [-0.25, -0.2) is 0 Å². The van der Waals surface area contributed by atoms with Crippen LogP contribution in [0.4, 0.5) is 0 Å². The Bertz CT molecular complexity index is 3680. The monoisotopic (exact) mass is 1210 g/mol. The normalized spacial score (nSPS) is 11.1. The van der Waals surface area contributed by atoms with Gasteiger partial charge >= 0.3 is 0 Å². The fourth-order valence-electron chi connectivity index (χ4n) is 7.52. The van der Waals surface area contributed by atoms with Crippen LogP contribution in [0.2, 0.25) is 0 Å². The Morgan fingerprint density at radius 3 is 1.37 bits per heavy atom. The van der Waals surface area contributed by atoms with Gasteiger partial charge in [-0.3, -0.25) is 35.7 Å². The average Bonchev–Trinajstić information content (AvgIpc) is 4.45. The Labute approximate surface area is 520 Å².